The summed E-state index contributed by atoms with van der Waals surface area (Å²) in [5, 5.41) is 1.36. The van der Waals surface area contributed by atoms with Crippen LogP contribution in [0.5, 0.6) is 0 Å². The van der Waals surface area contributed by atoms with Crippen molar-refractivity contribution in [3.8, 4) is 12.0 Å². The lowest BCUT2D eigenvalue weighted by molar-refractivity contribution is 1.29. The first kappa shape index (κ1) is 9.81. The fourth-order valence-corrected chi connectivity index (χ4v) is 2.18. The van der Waals surface area contributed by atoms with Gasteiger partial charge < -0.3 is 5.73 Å². The van der Waals surface area contributed by atoms with Gasteiger partial charge in [-0.1, -0.05) is 24.8 Å². The minimum absolute atomic E-state index is 0.766. The molecule has 0 aliphatic rings. The fraction of sp³-hybridized carbons (Fsp3) is 0.300. The summed E-state index contributed by atoms with van der Waals surface area (Å²) in [4.78, 5) is 4.11. The SMILES string of the molecule is C[Si](C)(C)c1ccnc(C#CN)c1. The molecule has 0 saturated carbocycles. The molecule has 1 rings (SSSR count). The molecule has 1 aromatic heterocycles. The lowest BCUT2D eigenvalue weighted by atomic mass is 10.4. The highest BCUT2D eigenvalue weighted by atomic mass is 28.3. The molecule has 0 bridgehead atoms. The quantitative estimate of drug-likeness (QED) is 0.406. The fourth-order valence-electron chi connectivity index (χ4n) is 1.04. The molecule has 0 amide bonds. The van der Waals surface area contributed by atoms with Crippen molar-refractivity contribution in [3.63, 3.8) is 0 Å². The lowest BCUT2D eigenvalue weighted by Gasteiger charge is -2.15. The Morgan fingerprint density at radius 2 is 2.08 bits per heavy atom. The Hall–Kier alpha value is -1.27. The van der Waals surface area contributed by atoms with Crippen molar-refractivity contribution in [2.75, 3.05) is 0 Å². The van der Waals surface area contributed by atoms with E-state index in [2.05, 4.69) is 42.7 Å². The van der Waals surface area contributed by atoms with E-state index in [-0.39, 0.29) is 0 Å². The molecule has 1 heterocycles. The van der Waals surface area contributed by atoms with Gasteiger partial charge in [0.1, 0.15) is 5.69 Å². The molecule has 0 aliphatic carbocycles. The molecule has 2 N–H and O–H groups in total. The van der Waals surface area contributed by atoms with E-state index in [9.17, 15) is 0 Å². The van der Waals surface area contributed by atoms with E-state index in [4.69, 9.17) is 5.73 Å². The van der Waals surface area contributed by atoms with Crippen LogP contribution in [-0.2, 0) is 0 Å². The molecule has 0 spiro atoms. The summed E-state index contributed by atoms with van der Waals surface area (Å²) in [5.74, 6) is 2.76. The van der Waals surface area contributed by atoms with E-state index in [0.717, 1.165) is 5.69 Å². The summed E-state index contributed by atoms with van der Waals surface area (Å²) >= 11 is 0. The van der Waals surface area contributed by atoms with Crippen LogP contribution in [0.4, 0.5) is 0 Å². The third-order valence-electron chi connectivity index (χ3n) is 1.83. The molecule has 0 aromatic carbocycles. The highest BCUT2D eigenvalue weighted by Crippen LogP contribution is 2.02. The van der Waals surface area contributed by atoms with E-state index < -0.39 is 8.07 Å². The van der Waals surface area contributed by atoms with Gasteiger partial charge in [0, 0.05) is 12.2 Å². The van der Waals surface area contributed by atoms with Crippen LogP contribution in [0.2, 0.25) is 19.6 Å². The van der Waals surface area contributed by atoms with Crippen LogP contribution in [0.15, 0.2) is 18.3 Å². The van der Waals surface area contributed by atoms with Crippen LogP contribution in [0.3, 0.4) is 0 Å². The second-order valence-corrected chi connectivity index (χ2v) is 9.03. The molecule has 1 aromatic rings. The maximum atomic E-state index is 5.13. The van der Waals surface area contributed by atoms with Gasteiger partial charge in [0.15, 0.2) is 0 Å². The molecule has 0 unspecified atom stereocenters. The second-order valence-electron chi connectivity index (χ2n) is 3.95. The van der Waals surface area contributed by atoms with Crippen LogP contribution in [0, 0.1) is 12.0 Å². The summed E-state index contributed by atoms with van der Waals surface area (Å²) in [6.07, 6.45) is 1.80. The Morgan fingerprint density at radius 3 is 2.62 bits per heavy atom. The predicted molar refractivity (Wildman–Crippen MR) is 58.3 cm³/mol. The molecule has 3 heteroatoms. The third-order valence-corrected chi connectivity index (χ3v) is 3.87. The van der Waals surface area contributed by atoms with E-state index in [1.807, 2.05) is 6.07 Å². The van der Waals surface area contributed by atoms with Crippen molar-refractivity contribution < 1.29 is 0 Å². The Morgan fingerprint density at radius 1 is 1.38 bits per heavy atom. The van der Waals surface area contributed by atoms with Gasteiger partial charge >= 0.3 is 0 Å². The normalized spacial score (nSPS) is 10.4. The molecular formula is C10H14N2Si. The smallest absolute Gasteiger partial charge is 0.114 e. The van der Waals surface area contributed by atoms with Gasteiger partial charge in [-0.15, -0.1) is 0 Å². The Balaban J connectivity index is 3.10. The Kier molecular flexibility index (Phi) is 2.74. The summed E-state index contributed by atoms with van der Waals surface area (Å²) in [6.45, 7) is 6.88. The first-order chi connectivity index (χ1) is 6.04. The number of nitrogens with zero attached hydrogens (tertiary/aromatic N) is 1. The van der Waals surface area contributed by atoms with Crippen molar-refractivity contribution in [2.24, 2.45) is 5.73 Å². The molecule has 13 heavy (non-hydrogen) atoms. The van der Waals surface area contributed by atoms with Crippen LogP contribution >= 0.6 is 0 Å². The largest absolute Gasteiger partial charge is 0.359 e. The number of rotatable bonds is 1. The first-order valence-corrected chi connectivity index (χ1v) is 7.72. The summed E-state index contributed by atoms with van der Waals surface area (Å²) in [5.41, 5.74) is 5.90. The summed E-state index contributed by atoms with van der Waals surface area (Å²) in [7, 11) is -1.24. The van der Waals surface area contributed by atoms with E-state index in [0.29, 0.717) is 0 Å². The van der Waals surface area contributed by atoms with Crippen molar-refractivity contribution in [2.45, 2.75) is 19.6 Å². The number of hydrogen-bond acceptors (Lipinski definition) is 2. The zero-order valence-corrected chi connectivity index (χ0v) is 9.26. The summed E-state index contributed by atoms with van der Waals surface area (Å²) < 4.78 is 0. The molecule has 0 atom stereocenters. The molecule has 2 nitrogen and oxygen atoms in total. The molecule has 0 saturated heterocycles. The highest BCUT2D eigenvalue weighted by molar-refractivity contribution is 6.88. The average molecular weight is 190 g/mol. The minimum atomic E-state index is -1.24. The van der Waals surface area contributed by atoms with E-state index in [1.165, 1.54) is 5.19 Å². The monoisotopic (exact) mass is 190 g/mol. The predicted octanol–water partition coefficient (Wildman–Crippen LogP) is 0.894. The zero-order valence-electron chi connectivity index (χ0n) is 8.26. The van der Waals surface area contributed by atoms with Crippen LogP contribution in [0.1, 0.15) is 5.69 Å². The molecule has 0 fully saturated rings. The average Bonchev–Trinajstić information content (AvgIpc) is 2.04. The zero-order chi connectivity index (χ0) is 9.90. The van der Waals surface area contributed by atoms with Gasteiger partial charge in [0.05, 0.1) is 8.07 Å². The summed E-state index contributed by atoms with van der Waals surface area (Å²) in [6, 6.07) is 6.46. The molecule has 0 radical (unpaired) electrons. The van der Waals surface area contributed by atoms with Crippen LogP contribution < -0.4 is 10.9 Å². The van der Waals surface area contributed by atoms with Gasteiger partial charge in [-0.25, -0.2) is 4.98 Å². The number of hydrogen-bond donors (Lipinski definition) is 1. The van der Waals surface area contributed by atoms with Crippen LogP contribution in [-0.4, -0.2) is 13.1 Å². The standard InChI is InChI=1S/C10H14N2Si/c1-13(2,3)10-5-7-12-9(8-10)4-6-11/h5,7-8H,11H2,1-3H3. The maximum Gasteiger partial charge on any atom is 0.114 e. The number of pyridine rings is 1. The first-order valence-electron chi connectivity index (χ1n) is 4.22. The van der Waals surface area contributed by atoms with Gasteiger partial charge in [-0.3, -0.25) is 0 Å². The highest BCUT2D eigenvalue weighted by Gasteiger charge is 2.16. The number of nitrogens with two attached hydrogens (primary N) is 1. The second kappa shape index (κ2) is 3.63. The van der Waals surface area contributed by atoms with Crippen molar-refractivity contribution in [1.29, 1.82) is 0 Å². The van der Waals surface area contributed by atoms with E-state index in [1.54, 1.807) is 6.20 Å². The third kappa shape index (κ3) is 2.60. The lowest BCUT2D eigenvalue weighted by Crippen LogP contribution is -2.37. The van der Waals surface area contributed by atoms with Gasteiger partial charge in [-0.05, 0) is 18.1 Å². The Bertz CT molecular complexity index is 355. The Labute approximate surface area is 80.2 Å². The van der Waals surface area contributed by atoms with Crippen molar-refractivity contribution in [3.05, 3.63) is 24.0 Å². The van der Waals surface area contributed by atoms with Gasteiger partial charge in [0.25, 0.3) is 0 Å². The van der Waals surface area contributed by atoms with Crippen molar-refractivity contribution in [1.82, 2.24) is 4.98 Å². The topological polar surface area (TPSA) is 38.9 Å². The van der Waals surface area contributed by atoms with Gasteiger partial charge in [0.2, 0.25) is 0 Å². The minimum Gasteiger partial charge on any atom is -0.359 e. The van der Waals surface area contributed by atoms with Gasteiger partial charge in [-0.2, -0.15) is 0 Å². The molecule has 0 aliphatic heterocycles. The molecule has 68 valence electrons. The van der Waals surface area contributed by atoms with E-state index >= 15 is 0 Å². The molecular weight excluding hydrogens is 176 g/mol. The van der Waals surface area contributed by atoms with Crippen molar-refractivity contribution >= 4 is 13.3 Å². The van der Waals surface area contributed by atoms with Crippen LogP contribution in [0.25, 0.3) is 0 Å². The number of aromatic nitrogens is 1. The maximum absolute atomic E-state index is 5.13.